The third kappa shape index (κ3) is 5.49. The highest BCUT2D eigenvalue weighted by Gasteiger charge is 2.41. The van der Waals surface area contributed by atoms with Gasteiger partial charge in [0, 0.05) is 17.3 Å². The number of esters is 1. The van der Waals surface area contributed by atoms with Crippen LogP contribution in [0.2, 0.25) is 5.02 Å². The van der Waals surface area contributed by atoms with Crippen LogP contribution in [0.5, 0.6) is 0 Å². The van der Waals surface area contributed by atoms with Gasteiger partial charge in [0.15, 0.2) is 5.17 Å². The molecule has 2 aliphatic heterocycles. The highest BCUT2D eigenvalue weighted by Crippen LogP contribution is 2.46. The van der Waals surface area contributed by atoms with Crippen LogP contribution in [0.4, 0.5) is 4.39 Å². The number of aliphatic imine (C=N–C) groups is 1. The molecule has 0 saturated heterocycles. The first-order valence-electron chi connectivity index (χ1n) is 10.9. The normalized spacial score (nSPS) is 16.9. The average molecular weight is 512 g/mol. The molecular weight excluding hydrogens is 489 g/mol. The maximum atomic E-state index is 13.1. The average Bonchev–Trinajstić information content (AvgIpc) is 3.23. The molecule has 0 fully saturated rings. The number of hydrogen-bond donors (Lipinski definition) is 1. The Bertz CT molecular complexity index is 1260. The first-order valence-corrected chi connectivity index (χ1v) is 12.1. The number of benzene rings is 2. The summed E-state index contributed by atoms with van der Waals surface area (Å²) < 4.78 is 18.5. The Labute approximate surface area is 212 Å². The van der Waals surface area contributed by atoms with E-state index < -0.39 is 12.0 Å². The molecule has 4 rings (SSSR count). The van der Waals surface area contributed by atoms with E-state index in [9.17, 15) is 14.0 Å². The summed E-state index contributed by atoms with van der Waals surface area (Å²) >= 11 is 7.94. The SMILES string of the molecule is C=CCOC(=O)C1=C(C)N=C2SC=C(CC(=O)NCc3ccc(F)cc3)N2[C@@H]1c1ccccc1Cl. The molecule has 2 aliphatic rings. The Morgan fingerprint density at radius 3 is 2.71 bits per heavy atom. The number of fused-ring (bicyclic) bond motifs is 1. The smallest absolute Gasteiger partial charge is 0.338 e. The van der Waals surface area contributed by atoms with Gasteiger partial charge in [-0.2, -0.15) is 0 Å². The highest BCUT2D eigenvalue weighted by molar-refractivity contribution is 8.16. The van der Waals surface area contributed by atoms with Gasteiger partial charge in [0.1, 0.15) is 12.4 Å². The third-order valence-electron chi connectivity index (χ3n) is 5.50. The topological polar surface area (TPSA) is 71.0 Å². The predicted molar refractivity (Wildman–Crippen MR) is 136 cm³/mol. The molecule has 0 unspecified atom stereocenters. The predicted octanol–water partition coefficient (Wildman–Crippen LogP) is 5.49. The number of allylic oxidation sites excluding steroid dienone is 1. The Morgan fingerprint density at radius 2 is 2.00 bits per heavy atom. The van der Waals surface area contributed by atoms with Gasteiger partial charge in [0.25, 0.3) is 0 Å². The summed E-state index contributed by atoms with van der Waals surface area (Å²) in [6, 6.07) is 12.6. The fourth-order valence-electron chi connectivity index (χ4n) is 3.86. The zero-order chi connectivity index (χ0) is 24.9. The van der Waals surface area contributed by atoms with Crippen LogP contribution in [0.25, 0.3) is 0 Å². The molecular formula is C26H23ClFN3O3S. The molecule has 0 saturated carbocycles. The number of nitrogens with zero attached hydrogens (tertiary/aromatic N) is 2. The number of halogens is 2. The molecule has 0 bridgehead atoms. The zero-order valence-corrected chi connectivity index (χ0v) is 20.5. The number of thioether (sulfide) groups is 1. The summed E-state index contributed by atoms with van der Waals surface area (Å²) in [5, 5.41) is 5.84. The highest BCUT2D eigenvalue weighted by atomic mass is 35.5. The van der Waals surface area contributed by atoms with Crippen molar-refractivity contribution in [3.05, 3.63) is 106 Å². The summed E-state index contributed by atoms with van der Waals surface area (Å²) in [5.41, 5.74) is 3.04. The Kier molecular flexibility index (Phi) is 7.73. The Morgan fingerprint density at radius 1 is 1.26 bits per heavy atom. The van der Waals surface area contributed by atoms with E-state index in [1.54, 1.807) is 25.1 Å². The van der Waals surface area contributed by atoms with Gasteiger partial charge in [-0.15, -0.1) is 0 Å². The minimum absolute atomic E-state index is 0.0577. The van der Waals surface area contributed by atoms with Gasteiger partial charge < -0.3 is 15.0 Å². The Balaban J connectivity index is 1.60. The lowest BCUT2D eigenvalue weighted by Gasteiger charge is -2.36. The quantitative estimate of drug-likeness (QED) is 0.375. The van der Waals surface area contributed by atoms with Crippen LogP contribution in [0.1, 0.15) is 30.5 Å². The van der Waals surface area contributed by atoms with Gasteiger partial charge in [-0.3, -0.25) is 4.79 Å². The molecule has 9 heteroatoms. The molecule has 1 N–H and O–H groups in total. The van der Waals surface area contributed by atoms with Gasteiger partial charge in [0.2, 0.25) is 5.91 Å². The fourth-order valence-corrected chi connectivity index (χ4v) is 5.07. The van der Waals surface area contributed by atoms with E-state index in [1.807, 2.05) is 28.5 Å². The van der Waals surface area contributed by atoms with Crippen LogP contribution in [-0.4, -0.2) is 28.6 Å². The minimum atomic E-state index is -0.611. The molecule has 1 amide bonds. The van der Waals surface area contributed by atoms with Crippen LogP contribution in [0.3, 0.4) is 0 Å². The van der Waals surface area contributed by atoms with Crippen molar-refractivity contribution in [1.29, 1.82) is 0 Å². The van der Waals surface area contributed by atoms with E-state index in [0.29, 0.717) is 32.7 Å². The molecule has 0 radical (unpaired) electrons. The number of hydrogen-bond acceptors (Lipinski definition) is 6. The fraction of sp³-hybridized carbons (Fsp3) is 0.192. The van der Waals surface area contributed by atoms with E-state index in [1.165, 1.54) is 30.0 Å². The molecule has 0 spiro atoms. The summed E-state index contributed by atoms with van der Waals surface area (Å²) in [6.07, 6.45) is 1.56. The van der Waals surface area contributed by atoms with Crippen molar-refractivity contribution < 1.29 is 18.7 Å². The second-order valence-corrected chi connectivity index (χ2v) is 9.13. The maximum Gasteiger partial charge on any atom is 0.338 e. The lowest BCUT2D eigenvalue weighted by Crippen LogP contribution is -2.38. The number of carbonyl (C=O) groups excluding carboxylic acids is 2. The van der Waals surface area contributed by atoms with Gasteiger partial charge in [-0.25, -0.2) is 14.2 Å². The van der Waals surface area contributed by atoms with Crippen LogP contribution < -0.4 is 5.32 Å². The van der Waals surface area contributed by atoms with Crippen LogP contribution >= 0.6 is 23.4 Å². The number of amides is 1. The molecule has 0 aliphatic carbocycles. The van der Waals surface area contributed by atoms with Crippen molar-refractivity contribution >= 4 is 40.4 Å². The van der Waals surface area contributed by atoms with Gasteiger partial charge in [-0.05, 0) is 41.7 Å². The summed E-state index contributed by atoms with van der Waals surface area (Å²) in [4.78, 5) is 32.3. The van der Waals surface area contributed by atoms with Crippen molar-refractivity contribution in [2.24, 2.45) is 4.99 Å². The summed E-state index contributed by atoms with van der Waals surface area (Å²) in [5.74, 6) is -1.07. The number of amidine groups is 1. The van der Waals surface area contributed by atoms with Crippen molar-refractivity contribution in [2.45, 2.75) is 25.9 Å². The lowest BCUT2D eigenvalue weighted by atomic mass is 9.93. The lowest BCUT2D eigenvalue weighted by molar-refractivity contribution is -0.138. The van der Waals surface area contributed by atoms with E-state index >= 15 is 0 Å². The van der Waals surface area contributed by atoms with Gasteiger partial charge in [-0.1, -0.05) is 66.3 Å². The van der Waals surface area contributed by atoms with E-state index in [4.69, 9.17) is 16.3 Å². The van der Waals surface area contributed by atoms with E-state index in [0.717, 1.165) is 5.56 Å². The van der Waals surface area contributed by atoms with E-state index in [2.05, 4.69) is 16.9 Å². The maximum absolute atomic E-state index is 13.1. The first kappa shape index (κ1) is 24.8. The minimum Gasteiger partial charge on any atom is -0.458 e. The Hall–Kier alpha value is -3.36. The number of rotatable bonds is 8. The summed E-state index contributed by atoms with van der Waals surface area (Å²) in [6.45, 7) is 5.69. The van der Waals surface area contributed by atoms with Crippen LogP contribution in [0, 0.1) is 5.82 Å². The molecule has 2 aromatic carbocycles. The molecule has 6 nitrogen and oxygen atoms in total. The third-order valence-corrected chi connectivity index (χ3v) is 6.73. The van der Waals surface area contributed by atoms with Crippen molar-refractivity contribution in [2.75, 3.05) is 6.61 Å². The van der Waals surface area contributed by atoms with Crippen molar-refractivity contribution in [1.82, 2.24) is 10.2 Å². The van der Waals surface area contributed by atoms with Crippen LogP contribution in [-0.2, 0) is 20.9 Å². The standard InChI is InChI=1S/C26H23ClFN3O3S/c1-3-12-34-25(33)23-16(2)30-26-31(24(23)20-6-4-5-7-21(20)27)19(15-35-26)13-22(32)29-14-17-8-10-18(28)11-9-17/h3-11,15,24H,1,12-14H2,2H3,(H,29,32)/t24-/m1/s1. The van der Waals surface area contributed by atoms with Gasteiger partial charge in [0.05, 0.1) is 23.7 Å². The molecule has 1 atom stereocenters. The second-order valence-electron chi connectivity index (χ2n) is 7.88. The number of nitrogens with one attached hydrogen (secondary N) is 1. The monoisotopic (exact) mass is 511 g/mol. The zero-order valence-electron chi connectivity index (χ0n) is 19.0. The molecule has 2 aromatic rings. The molecule has 0 aromatic heterocycles. The van der Waals surface area contributed by atoms with Gasteiger partial charge >= 0.3 is 5.97 Å². The summed E-state index contributed by atoms with van der Waals surface area (Å²) in [7, 11) is 0. The molecule has 180 valence electrons. The van der Waals surface area contributed by atoms with Crippen molar-refractivity contribution in [3.63, 3.8) is 0 Å². The number of carbonyl (C=O) groups is 2. The van der Waals surface area contributed by atoms with Crippen LogP contribution in [0.15, 0.2) is 88.6 Å². The first-order chi connectivity index (χ1) is 16.9. The van der Waals surface area contributed by atoms with Crippen molar-refractivity contribution in [3.8, 4) is 0 Å². The number of ether oxygens (including phenoxy) is 1. The van der Waals surface area contributed by atoms with E-state index in [-0.39, 0.29) is 31.3 Å². The second kappa shape index (κ2) is 10.9. The molecule has 35 heavy (non-hydrogen) atoms. The molecule has 2 heterocycles. The largest absolute Gasteiger partial charge is 0.458 e.